The Balaban J connectivity index is 2.09. The highest BCUT2D eigenvalue weighted by atomic mass is 79.9. The molecule has 3 nitrogen and oxygen atoms in total. The van der Waals surface area contributed by atoms with Crippen molar-refractivity contribution in [3.05, 3.63) is 28.0 Å². The first-order chi connectivity index (χ1) is 8.50. The zero-order valence-corrected chi connectivity index (χ0v) is 12.1. The molecule has 2 aliphatic rings. The van der Waals surface area contributed by atoms with Gasteiger partial charge < -0.3 is 0 Å². The van der Waals surface area contributed by atoms with Crippen molar-refractivity contribution in [1.82, 2.24) is 0 Å². The van der Waals surface area contributed by atoms with E-state index < -0.39 is 0 Å². The molecule has 18 heavy (non-hydrogen) atoms. The van der Waals surface area contributed by atoms with Crippen molar-refractivity contribution < 1.29 is 14.7 Å². The summed E-state index contributed by atoms with van der Waals surface area (Å²) in [6, 6.07) is 1.96. The number of Topliss-reactive ketones (excluding diaryl/α,β-unsaturated/α-hetero) is 1. The summed E-state index contributed by atoms with van der Waals surface area (Å²) in [5.74, 6) is 1.74. The summed E-state index contributed by atoms with van der Waals surface area (Å²) in [6.07, 6.45) is 3.47. The van der Waals surface area contributed by atoms with Gasteiger partial charge in [0.05, 0.1) is 4.47 Å². The molecule has 0 radical (unpaired) electrons. The van der Waals surface area contributed by atoms with E-state index in [0.717, 1.165) is 27.6 Å². The molecule has 2 aliphatic carbocycles. The van der Waals surface area contributed by atoms with Crippen LogP contribution in [0.3, 0.4) is 0 Å². The van der Waals surface area contributed by atoms with Gasteiger partial charge in [-0.2, -0.15) is 0 Å². The molecule has 0 saturated heterocycles. The van der Waals surface area contributed by atoms with Crippen LogP contribution < -0.4 is 4.73 Å². The lowest BCUT2D eigenvalue weighted by molar-refractivity contribution is -0.906. The lowest BCUT2D eigenvalue weighted by Gasteiger charge is -2.47. The molecule has 4 atom stereocenters. The van der Waals surface area contributed by atoms with E-state index in [1.54, 1.807) is 6.20 Å². The molecule has 1 heterocycles. The SMILES string of the molecule is CC1C(C)C2C(=O)c3c(cc(Br)c[n+]3O)CCC12. The molecule has 4 unspecified atom stereocenters. The standard InChI is InChI=1S/C14H17BrNO2/c1-7-8(2)12-11(7)4-3-9-5-10(15)6-16(18)13(9)14(12)17/h5-8,11-12,18H,3-4H2,1-2H3/q+1. The maximum absolute atomic E-state index is 12.6. The van der Waals surface area contributed by atoms with Crippen molar-refractivity contribution in [3.8, 4) is 0 Å². The summed E-state index contributed by atoms with van der Waals surface area (Å²) >= 11 is 3.36. The molecule has 4 heteroatoms. The summed E-state index contributed by atoms with van der Waals surface area (Å²) < 4.78 is 1.81. The molecule has 0 spiro atoms. The van der Waals surface area contributed by atoms with Crippen molar-refractivity contribution in [3.63, 3.8) is 0 Å². The number of carbonyl (C=O) groups excluding carboxylic acids is 1. The second-order valence-corrected chi connectivity index (χ2v) is 6.60. The fraction of sp³-hybridized carbons (Fsp3) is 0.571. The molecule has 0 aromatic carbocycles. The summed E-state index contributed by atoms with van der Waals surface area (Å²) in [4.78, 5) is 12.6. The Bertz CT molecular complexity index is 529. The van der Waals surface area contributed by atoms with E-state index in [0.29, 0.717) is 23.4 Å². The third-order valence-electron chi connectivity index (χ3n) is 4.91. The fourth-order valence-electron chi connectivity index (χ4n) is 3.71. The maximum Gasteiger partial charge on any atom is 0.303 e. The molecule has 0 aliphatic heterocycles. The second kappa shape index (κ2) is 4.05. The molecule has 1 aromatic heterocycles. The van der Waals surface area contributed by atoms with E-state index >= 15 is 0 Å². The van der Waals surface area contributed by atoms with E-state index in [1.807, 2.05) is 6.07 Å². The smallest absolute Gasteiger partial charge is 0.287 e. The minimum absolute atomic E-state index is 0.0980. The van der Waals surface area contributed by atoms with Crippen molar-refractivity contribution in [1.29, 1.82) is 0 Å². The Labute approximate surface area is 115 Å². The number of rotatable bonds is 0. The highest BCUT2D eigenvalue weighted by molar-refractivity contribution is 9.10. The van der Waals surface area contributed by atoms with Gasteiger partial charge >= 0.3 is 5.69 Å². The van der Waals surface area contributed by atoms with Gasteiger partial charge in [0.15, 0.2) is 0 Å². The molecule has 1 N–H and O–H groups in total. The van der Waals surface area contributed by atoms with E-state index in [1.165, 1.54) is 0 Å². The van der Waals surface area contributed by atoms with Crippen LogP contribution >= 0.6 is 15.9 Å². The van der Waals surface area contributed by atoms with Gasteiger partial charge in [0, 0.05) is 16.2 Å². The van der Waals surface area contributed by atoms with Gasteiger partial charge in [-0.1, -0.05) is 13.8 Å². The molecular formula is C14H17BrNO2+. The van der Waals surface area contributed by atoms with Gasteiger partial charge in [-0.25, -0.2) is 0 Å². The van der Waals surface area contributed by atoms with E-state index in [2.05, 4.69) is 29.8 Å². The maximum atomic E-state index is 12.6. The third-order valence-corrected chi connectivity index (χ3v) is 5.34. The van der Waals surface area contributed by atoms with Gasteiger partial charge in [-0.3, -0.25) is 10.0 Å². The van der Waals surface area contributed by atoms with Crippen LogP contribution in [-0.2, 0) is 6.42 Å². The van der Waals surface area contributed by atoms with Crippen LogP contribution in [0.2, 0.25) is 0 Å². The fourth-order valence-corrected chi connectivity index (χ4v) is 4.18. The highest BCUT2D eigenvalue weighted by Crippen LogP contribution is 2.50. The Morgan fingerprint density at radius 3 is 2.83 bits per heavy atom. The molecule has 3 rings (SSSR count). The first-order valence-corrected chi connectivity index (χ1v) is 7.27. The molecular weight excluding hydrogens is 294 g/mol. The molecule has 1 aromatic rings. The number of pyridine rings is 1. The Morgan fingerprint density at radius 1 is 1.39 bits per heavy atom. The summed E-state index contributed by atoms with van der Waals surface area (Å²) in [7, 11) is 0. The largest absolute Gasteiger partial charge is 0.303 e. The molecule has 96 valence electrons. The molecule has 0 amide bonds. The Morgan fingerprint density at radius 2 is 2.11 bits per heavy atom. The first-order valence-electron chi connectivity index (χ1n) is 6.48. The Hall–Kier alpha value is -0.900. The summed E-state index contributed by atoms with van der Waals surface area (Å²) in [5, 5.41) is 9.98. The number of carbonyl (C=O) groups is 1. The Kier molecular flexibility index (Phi) is 2.73. The predicted octanol–water partition coefficient (Wildman–Crippen LogP) is 2.62. The third kappa shape index (κ3) is 1.54. The number of nitrogens with zero attached hydrogens (tertiary/aromatic N) is 1. The number of ketones is 1. The van der Waals surface area contributed by atoms with Crippen LogP contribution in [0.1, 0.15) is 36.3 Å². The number of fused-ring (bicyclic) bond motifs is 2. The minimum Gasteiger partial charge on any atom is -0.287 e. The molecule has 1 fully saturated rings. The average molecular weight is 311 g/mol. The van der Waals surface area contributed by atoms with Crippen LogP contribution in [0.25, 0.3) is 0 Å². The summed E-state index contributed by atoms with van der Waals surface area (Å²) in [5.41, 5.74) is 1.45. The number of aryl methyl sites for hydroxylation is 1. The van der Waals surface area contributed by atoms with E-state index in [9.17, 15) is 10.0 Å². The quantitative estimate of drug-likeness (QED) is 0.591. The van der Waals surface area contributed by atoms with Crippen LogP contribution in [0.5, 0.6) is 0 Å². The highest BCUT2D eigenvalue weighted by Gasteiger charge is 2.53. The minimum atomic E-state index is 0.0980. The van der Waals surface area contributed by atoms with Gasteiger partial charge in [0.1, 0.15) is 0 Å². The lowest BCUT2D eigenvalue weighted by atomic mass is 9.56. The van der Waals surface area contributed by atoms with Crippen molar-refractivity contribution in [2.75, 3.05) is 0 Å². The molecule has 0 bridgehead atoms. The van der Waals surface area contributed by atoms with Crippen LogP contribution in [-0.4, -0.2) is 11.0 Å². The number of hydrogen-bond acceptors (Lipinski definition) is 2. The van der Waals surface area contributed by atoms with Crippen molar-refractivity contribution in [2.45, 2.75) is 26.7 Å². The van der Waals surface area contributed by atoms with Gasteiger partial charge in [0.2, 0.25) is 12.0 Å². The van der Waals surface area contributed by atoms with Crippen molar-refractivity contribution >= 4 is 21.7 Å². The monoisotopic (exact) mass is 310 g/mol. The number of hydrogen-bond donors (Lipinski definition) is 1. The van der Waals surface area contributed by atoms with E-state index in [4.69, 9.17) is 0 Å². The van der Waals surface area contributed by atoms with Gasteiger partial charge in [0.25, 0.3) is 0 Å². The molecule has 1 saturated carbocycles. The zero-order valence-electron chi connectivity index (χ0n) is 10.6. The average Bonchev–Trinajstić information content (AvgIpc) is 2.43. The normalized spacial score (nSPS) is 34.3. The van der Waals surface area contributed by atoms with Crippen LogP contribution in [0, 0.1) is 23.7 Å². The number of aromatic nitrogens is 1. The number of halogens is 1. The zero-order chi connectivity index (χ0) is 13.0. The van der Waals surface area contributed by atoms with Crippen LogP contribution in [0.4, 0.5) is 0 Å². The van der Waals surface area contributed by atoms with E-state index in [-0.39, 0.29) is 11.7 Å². The predicted molar refractivity (Wildman–Crippen MR) is 69.5 cm³/mol. The summed E-state index contributed by atoms with van der Waals surface area (Å²) in [6.45, 7) is 4.38. The van der Waals surface area contributed by atoms with Crippen LogP contribution in [0.15, 0.2) is 16.7 Å². The van der Waals surface area contributed by atoms with Gasteiger partial charge in [-0.15, -0.1) is 0 Å². The van der Waals surface area contributed by atoms with Crippen molar-refractivity contribution in [2.24, 2.45) is 23.7 Å². The lowest BCUT2D eigenvalue weighted by Crippen LogP contribution is -2.50. The van der Waals surface area contributed by atoms with Gasteiger partial charge in [-0.05, 0) is 52.6 Å². The topological polar surface area (TPSA) is 41.2 Å². The second-order valence-electron chi connectivity index (χ2n) is 5.69. The first kappa shape index (κ1) is 12.2.